The first kappa shape index (κ1) is 11.0. The second-order valence-electron chi connectivity index (χ2n) is 3.91. The number of benzene rings is 2. The van der Waals surface area contributed by atoms with Crippen LogP contribution >= 0.6 is 12.4 Å². The van der Waals surface area contributed by atoms with E-state index in [1.54, 1.807) is 0 Å². The summed E-state index contributed by atoms with van der Waals surface area (Å²) in [5.74, 6) is 0. The Labute approximate surface area is 100 Å². The summed E-state index contributed by atoms with van der Waals surface area (Å²) in [5, 5.41) is 2.46. The second kappa shape index (κ2) is 3.81. The van der Waals surface area contributed by atoms with Gasteiger partial charge in [-0.15, -0.1) is 12.4 Å². The van der Waals surface area contributed by atoms with Crippen molar-refractivity contribution < 1.29 is 0 Å². The van der Waals surface area contributed by atoms with Gasteiger partial charge in [0.2, 0.25) is 0 Å². The average molecular weight is 233 g/mol. The van der Waals surface area contributed by atoms with Crippen molar-refractivity contribution >= 4 is 29.3 Å². The number of halogens is 1. The van der Waals surface area contributed by atoms with E-state index in [1.807, 2.05) is 18.2 Å². The Morgan fingerprint density at radius 1 is 1.00 bits per heavy atom. The van der Waals surface area contributed by atoms with Gasteiger partial charge >= 0.3 is 0 Å². The van der Waals surface area contributed by atoms with Crippen LogP contribution in [-0.2, 0) is 0 Å². The fourth-order valence-corrected chi connectivity index (χ4v) is 2.23. The van der Waals surface area contributed by atoms with Crippen LogP contribution in [0.2, 0.25) is 0 Å². The van der Waals surface area contributed by atoms with E-state index in [4.69, 9.17) is 11.5 Å². The van der Waals surface area contributed by atoms with Gasteiger partial charge in [0, 0.05) is 5.70 Å². The largest absolute Gasteiger partial charge is 0.400 e. The fourth-order valence-electron chi connectivity index (χ4n) is 2.23. The molecule has 1 atom stereocenters. The number of rotatable bonds is 0. The van der Waals surface area contributed by atoms with E-state index in [9.17, 15) is 0 Å². The fraction of sp³-hybridized carbons (Fsp3) is 0.0769. The molecule has 1 aliphatic rings. The molecule has 3 heteroatoms. The van der Waals surface area contributed by atoms with Crippen molar-refractivity contribution in [2.45, 2.75) is 6.04 Å². The maximum Gasteiger partial charge on any atom is 0.0705 e. The summed E-state index contributed by atoms with van der Waals surface area (Å²) in [6, 6.07) is 12.2. The topological polar surface area (TPSA) is 52.0 Å². The molecule has 1 unspecified atom stereocenters. The van der Waals surface area contributed by atoms with E-state index in [0.29, 0.717) is 0 Å². The highest BCUT2D eigenvalue weighted by Crippen LogP contribution is 2.34. The summed E-state index contributed by atoms with van der Waals surface area (Å²) in [6.07, 6.45) is 1.97. The van der Waals surface area contributed by atoms with Crippen LogP contribution in [0.15, 0.2) is 42.1 Å². The van der Waals surface area contributed by atoms with E-state index in [0.717, 1.165) is 11.3 Å². The molecule has 0 radical (unpaired) electrons. The van der Waals surface area contributed by atoms with Crippen molar-refractivity contribution in [3.63, 3.8) is 0 Å². The molecule has 0 saturated carbocycles. The predicted molar refractivity (Wildman–Crippen MR) is 70.3 cm³/mol. The van der Waals surface area contributed by atoms with Crippen molar-refractivity contribution in [2.24, 2.45) is 11.5 Å². The lowest BCUT2D eigenvalue weighted by Crippen LogP contribution is -2.21. The predicted octanol–water partition coefficient (Wildman–Crippen LogP) is 2.57. The van der Waals surface area contributed by atoms with Crippen molar-refractivity contribution in [2.75, 3.05) is 0 Å². The lowest BCUT2D eigenvalue weighted by molar-refractivity contribution is 0.843. The Morgan fingerprint density at radius 3 is 2.44 bits per heavy atom. The van der Waals surface area contributed by atoms with Gasteiger partial charge < -0.3 is 11.5 Å². The first-order valence-corrected chi connectivity index (χ1v) is 5.01. The van der Waals surface area contributed by atoms with Crippen molar-refractivity contribution in [1.82, 2.24) is 0 Å². The number of hydrogen-bond donors (Lipinski definition) is 2. The minimum absolute atomic E-state index is 0. The van der Waals surface area contributed by atoms with E-state index < -0.39 is 0 Å². The third kappa shape index (κ3) is 1.39. The first-order valence-electron chi connectivity index (χ1n) is 5.01. The molecule has 16 heavy (non-hydrogen) atoms. The summed E-state index contributed by atoms with van der Waals surface area (Å²) in [7, 11) is 0. The molecule has 3 rings (SSSR count). The molecule has 0 saturated heterocycles. The lowest BCUT2D eigenvalue weighted by atomic mass is 9.89. The summed E-state index contributed by atoms with van der Waals surface area (Å²) in [6.45, 7) is 0. The summed E-state index contributed by atoms with van der Waals surface area (Å²) in [4.78, 5) is 0. The SMILES string of the molecule is Cl.NC1=Cc2cccc3cccc(c23)C1N. The van der Waals surface area contributed by atoms with Gasteiger partial charge in [0.05, 0.1) is 6.04 Å². The molecule has 1 aliphatic carbocycles. The van der Waals surface area contributed by atoms with Crippen LogP contribution in [0.3, 0.4) is 0 Å². The molecule has 2 nitrogen and oxygen atoms in total. The summed E-state index contributed by atoms with van der Waals surface area (Å²) >= 11 is 0. The molecular weight excluding hydrogens is 220 g/mol. The van der Waals surface area contributed by atoms with Crippen LogP contribution in [0.4, 0.5) is 0 Å². The van der Waals surface area contributed by atoms with Gasteiger partial charge in [0.1, 0.15) is 0 Å². The van der Waals surface area contributed by atoms with Gasteiger partial charge in [-0.25, -0.2) is 0 Å². The molecule has 0 bridgehead atoms. The molecule has 82 valence electrons. The third-order valence-electron chi connectivity index (χ3n) is 2.99. The molecule has 0 heterocycles. The Kier molecular flexibility index (Phi) is 2.62. The minimum Gasteiger partial charge on any atom is -0.400 e. The van der Waals surface area contributed by atoms with E-state index in [1.165, 1.54) is 16.3 Å². The standard InChI is InChI=1S/C13H12N2.ClH/c14-11-7-9-5-1-3-8-4-2-6-10(12(8)9)13(11)15;/h1-7,13H,14-15H2;1H. The van der Waals surface area contributed by atoms with E-state index in [2.05, 4.69) is 24.3 Å². The molecule has 0 aromatic heterocycles. The van der Waals surface area contributed by atoms with Gasteiger partial charge in [0.25, 0.3) is 0 Å². The zero-order valence-electron chi connectivity index (χ0n) is 8.68. The van der Waals surface area contributed by atoms with Gasteiger partial charge in [-0.05, 0) is 28.0 Å². The summed E-state index contributed by atoms with van der Waals surface area (Å²) in [5.41, 5.74) is 15.0. The monoisotopic (exact) mass is 232 g/mol. The van der Waals surface area contributed by atoms with Crippen LogP contribution in [0, 0.1) is 0 Å². The normalized spacial score (nSPS) is 17.8. The molecule has 0 amide bonds. The maximum absolute atomic E-state index is 6.06. The maximum atomic E-state index is 6.06. The molecule has 0 spiro atoms. The van der Waals surface area contributed by atoms with Crippen LogP contribution in [0.5, 0.6) is 0 Å². The van der Waals surface area contributed by atoms with Crippen LogP contribution in [-0.4, -0.2) is 0 Å². The lowest BCUT2D eigenvalue weighted by Gasteiger charge is -2.21. The number of nitrogens with two attached hydrogens (primary N) is 2. The van der Waals surface area contributed by atoms with Crippen LogP contribution < -0.4 is 11.5 Å². The highest BCUT2D eigenvalue weighted by atomic mass is 35.5. The zero-order valence-corrected chi connectivity index (χ0v) is 9.50. The molecular formula is C13H13ClN2. The second-order valence-corrected chi connectivity index (χ2v) is 3.91. The van der Waals surface area contributed by atoms with E-state index in [-0.39, 0.29) is 18.4 Å². The minimum atomic E-state index is -0.163. The highest BCUT2D eigenvalue weighted by molar-refractivity contribution is 5.96. The average Bonchev–Trinajstić information content (AvgIpc) is 2.26. The van der Waals surface area contributed by atoms with Gasteiger partial charge in [-0.1, -0.05) is 36.4 Å². The van der Waals surface area contributed by atoms with Crippen molar-refractivity contribution in [3.05, 3.63) is 53.2 Å². The van der Waals surface area contributed by atoms with Crippen molar-refractivity contribution in [1.29, 1.82) is 0 Å². The zero-order chi connectivity index (χ0) is 10.4. The molecule has 0 aliphatic heterocycles. The first-order chi connectivity index (χ1) is 7.27. The third-order valence-corrected chi connectivity index (χ3v) is 2.99. The molecule has 0 fully saturated rings. The summed E-state index contributed by atoms with van der Waals surface area (Å²) < 4.78 is 0. The molecule has 2 aromatic rings. The number of hydrogen-bond acceptors (Lipinski definition) is 2. The Hall–Kier alpha value is -1.51. The van der Waals surface area contributed by atoms with Crippen LogP contribution in [0.25, 0.3) is 16.8 Å². The van der Waals surface area contributed by atoms with Gasteiger partial charge in [0.15, 0.2) is 0 Å². The molecule has 2 aromatic carbocycles. The van der Waals surface area contributed by atoms with Crippen LogP contribution in [0.1, 0.15) is 17.2 Å². The molecule has 4 N–H and O–H groups in total. The van der Waals surface area contributed by atoms with Gasteiger partial charge in [-0.3, -0.25) is 0 Å². The Morgan fingerprint density at radius 2 is 1.69 bits per heavy atom. The van der Waals surface area contributed by atoms with E-state index >= 15 is 0 Å². The van der Waals surface area contributed by atoms with Crippen molar-refractivity contribution in [3.8, 4) is 0 Å². The quantitative estimate of drug-likeness (QED) is 0.734. The smallest absolute Gasteiger partial charge is 0.0705 e. The Balaban J connectivity index is 0.000000963. The Bertz CT molecular complexity index is 570. The highest BCUT2D eigenvalue weighted by Gasteiger charge is 2.18. The van der Waals surface area contributed by atoms with Gasteiger partial charge in [-0.2, -0.15) is 0 Å².